The molecule has 0 amide bonds. The summed E-state index contributed by atoms with van der Waals surface area (Å²) in [6, 6.07) is 5.78. The maximum absolute atomic E-state index is 12.3. The van der Waals surface area contributed by atoms with Gasteiger partial charge in [-0.05, 0) is 31.4 Å². The molecule has 0 bridgehead atoms. The lowest BCUT2D eigenvalue weighted by atomic mass is 10.1. The lowest BCUT2D eigenvalue weighted by molar-refractivity contribution is 0.297. The van der Waals surface area contributed by atoms with Crippen molar-refractivity contribution in [2.24, 2.45) is 5.73 Å². The van der Waals surface area contributed by atoms with E-state index < -0.39 is 10.8 Å². The Kier molecular flexibility index (Phi) is 5.86. The van der Waals surface area contributed by atoms with Crippen LogP contribution >= 0.6 is 0 Å². The molecule has 0 radical (unpaired) electrons. The van der Waals surface area contributed by atoms with Crippen molar-refractivity contribution in [2.45, 2.75) is 43.5 Å². The van der Waals surface area contributed by atoms with Crippen molar-refractivity contribution in [1.29, 1.82) is 0 Å². The van der Waals surface area contributed by atoms with E-state index in [1.807, 2.05) is 18.2 Å². The summed E-state index contributed by atoms with van der Waals surface area (Å²) in [6.45, 7) is 3.39. The molecule has 0 saturated heterocycles. The summed E-state index contributed by atoms with van der Waals surface area (Å²) in [5.41, 5.74) is 5.87. The summed E-state index contributed by atoms with van der Waals surface area (Å²) in [7, 11) is -0.997. The molecule has 1 heterocycles. The van der Waals surface area contributed by atoms with Crippen LogP contribution in [-0.2, 0) is 10.8 Å². The highest BCUT2D eigenvalue weighted by atomic mass is 32.2. The van der Waals surface area contributed by atoms with Gasteiger partial charge in [0.15, 0.2) is 11.5 Å². The number of ether oxygens (including phenoxy) is 2. The Morgan fingerprint density at radius 2 is 2.05 bits per heavy atom. The molecule has 5 heteroatoms. The van der Waals surface area contributed by atoms with Gasteiger partial charge in [0.2, 0.25) is 0 Å². The van der Waals surface area contributed by atoms with Crippen molar-refractivity contribution in [2.75, 3.05) is 19.0 Å². The average Bonchev–Trinajstić information content (AvgIpc) is 2.71. The van der Waals surface area contributed by atoms with Crippen LogP contribution in [-0.4, -0.2) is 29.2 Å². The molecule has 2 atom stereocenters. The summed E-state index contributed by atoms with van der Waals surface area (Å²) >= 11 is 0. The fourth-order valence-electron chi connectivity index (χ4n) is 2.08. The van der Waals surface area contributed by atoms with Gasteiger partial charge in [-0.25, -0.2) is 0 Å². The van der Waals surface area contributed by atoms with Gasteiger partial charge >= 0.3 is 0 Å². The molecule has 0 spiro atoms. The fourth-order valence-corrected chi connectivity index (χ4v) is 3.21. The largest absolute Gasteiger partial charge is 0.490 e. The molecule has 112 valence electrons. The zero-order valence-corrected chi connectivity index (χ0v) is 12.8. The van der Waals surface area contributed by atoms with Crippen molar-refractivity contribution in [3.05, 3.63) is 18.2 Å². The highest BCUT2D eigenvalue weighted by molar-refractivity contribution is 7.85. The summed E-state index contributed by atoms with van der Waals surface area (Å²) in [4.78, 5) is 0.805. The first-order valence-corrected chi connectivity index (χ1v) is 8.56. The molecule has 4 nitrogen and oxygen atoms in total. The van der Waals surface area contributed by atoms with Crippen molar-refractivity contribution < 1.29 is 13.7 Å². The first-order valence-electron chi connectivity index (χ1n) is 7.24. The molecule has 1 aliphatic heterocycles. The smallest absolute Gasteiger partial charge is 0.162 e. The second kappa shape index (κ2) is 7.64. The molecule has 0 aliphatic carbocycles. The van der Waals surface area contributed by atoms with E-state index in [2.05, 4.69) is 6.92 Å². The second-order valence-electron chi connectivity index (χ2n) is 5.02. The van der Waals surface area contributed by atoms with Crippen molar-refractivity contribution in [3.8, 4) is 11.5 Å². The van der Waals surface area contributed by atoms with Gasteiger partial charge in [0.05, 0.1) is 24.0 Å². The summed E-state index contributed by atoms with van der Waals surface area (Å²) < 4.78 is 23.4. The first kappa shape index (κ1) is 15.3. The van der Waals surface area contributed by atoms with Crippen LogP contribution in [0.2, 0.25) is 0 Å². The van der Waals surface area contributed by atoms with E-state index in [1.165, 1.54) is 0 Å². The maximum Gasteiger partial charge on any atom is 0.162 e. The van der Waals surface area contributed by atoms with Crippen LogP contribution in [0, 0.1) is 0 Å². The summed E-state index contributed by atoms with van der Waals surface area (Å²) in [6.07, 6.45) is 3.65. The molecular formula is C15H23NO3S. The number of nitrogens with two attached hydrogens (primary N) is 1. The van der Waals surface area contributed by atoms with Crippen molar-refractivity contribution in [3.63, 3.8) is 0 Å². The monoisotopic (exact) mass is 297 g/mol. The molecule has 20 heavy (non-hydrogen) atoms. The van der Waals surface area contributed by atoms with Crippen molar-refractivity contribution >= 4 is 10.8 Å². The fraction of sp³-hybridized carbons (Fsp3) is 0.600. The van der Waals surface area contributed by atoms with Gasteiger partial charge in [-0.3, -0.25) is 4.21 Å². The topological polar surface area (TPSA) is 61.6 Å². The van der Waals surface area contributed by atoms with Crippen LogP contribution in [0.4, 0.5) is 0 Å². The lowest BCUT2D eigenvalue weighted by Crippen LogP contribution is -2.19. The van der Waals surface area contributed by atoms with Crippen molar-refractivity contribution in [1.82, 2.24) is 0 Å². The quantitative estimate of drug-likeness (QED) is 0.876. The Bertz CT molecular complexity index is 464. The van der Waals surface area contributed by atoms with Gasteiger partial charge in [0.1, 0.15) is 0 Å². The minimum absolute atomic E-state index is 0.218. The number of rotatable bonds is 6. The third kappa shape index (κ3) is 4.21. The van der Waals surface area contributed by atoms with E-state index in [-0.39, 0.29) is 6.04 Å². The average molecular weight is 297 g/mol. The third-order valence-electron chi connectivity index (χ3n) is 3.41. The number of hydrogen-bond donors (Lipinski definition) is 1. The van der Waals surface area contributed by atoms with E-state index in [1.54, 1.807) is 0 Å². The Hall–Kier alpha value is -1.07. The van der Waals surface area contributed by atoms with Gasteiger partial charge in [-0.2, -0.15) is 0 Å². The summed E-state index contributed by atoms with van der Waals surface area (Å²) in [5, 5.41) is 0. The molecular weight excluding hydrogens is 274 g/mol. The minimum Gasteiger partial charge on any atom is -0.490 e. The van der Waals surface area contributed by atoms with E-state index in [4.69, 9.17) is 15.2 Å². The SMILES string of the molecule is CCC(N)CCCS(=O)c1ccc2c(c1)OCCCO2. The Morgan fingerprint density at radius 3 is 2.80 bits per heavy atom. The Labute approximate surface area is 123 Å². The van der Waals surface area contributed by atoms with Gasteiger partial charge in [0, 0.05) is 29.2 Å². The second-order valence-corrected chi connectivity index (χ2v) is 6.59. The number of hydrogen-bond acceptors (Lipinski definition) is 4. The predicted molar refractivity (Wildman–Crippen MR) is 80.8 cm³/mol. The molecule has 1 aromatic rings. The van der Waals surface area contributed by atoms with Crippen LogP contribution in [0.25, 0.3) is 0 Å². The van der Waals surface area contributed by atoms with E-state index in [9.17, 15) is 4.21 Å². The summed E-state index contributed by atoms with van der Waals surface area (Å²) in [5.74, 6) is 2.10. The number of fused-ring (bicyclic) bond motifs is 1. The third-order valence-corrected chi connectivity index (χ3v) is 4.85. The zero-order valence-electron chi connectivity index (χ0n) is 12.0. The molecule has 0 fully saturated rings. The van der Waals surface area contributed by atoms with Crippen LogP contribution in [0.1, 0.15) is 32.6 Å². The highest BCUT2D eigenvalue weighted by Gasteiger charge is 2.13. The Balaban J connectivity index is 1.95. The molecule has 2 unspecified atom stereocenters. The standard InChI is InChI=1S/C15H23NO3S/c1-2-12(16)5-3-10-20(17)13-6-7-14-15(11-13)19-9-4-8-18-14/h6-7,11-12H,2-5,8-10,16H2,1H3. The van der Waals surface area contributed by atoms with Gasteiger partial charge in [-0.15, -0.1) is 0 Å². The van der Waals surface area contributed by atoms with Gasteiger partial charge < -0.3 is 15.2 Å². The molecule has 2 rings (SSSR count). The zero-order chi connectivity index (χ0) is 14.4. The van der Waals surface area contributed by atoms with Crippen LogP contribution in [0.5, 0.6) is 11.5 Å². The maximum atomic E-state index is 12.3. The minimum atomic E-state index is -0.997. The van der Waals surface area contributed by atoms with E-state index >= 15 is 0 Å². The Morgan fingerprint density at radius 1 is 1.30 bits per heavy atom. The van der Waals surface area contributed by atoms with Gasteiger partial charge in [-0.1, -0.05) is 6.92 Å². The van der Waals surface area contributed by atoms with Crippen LogP contribution in [0.3, 0.4) is 0 Å². The molecule has 0 aromatic heterocycles. The van der Waals surface area contributed by atoms with E-state index in [0.29, 0.717) is 24.7 Å². The number of benzene rings is 1. The highest BCUT2D eigenvalue weighted by Crippen LogP contribution is 2.31. The first-order chi connectivity index (χ1) is 9.70. The van der Waals surface area contributed by atoms with Gasteiger partial charge in [0.25, 0.3) is 0 Å². The predicted octanol–water partition coefficient (Wildman–Crippen LogP) is 2.47. The molecule has 2 N–H and O–H groups in total. The van der Waals surface area contributed by atoms with Crippen LogP contribution < -0.4 is 15.2 Å². The normalized spacial score (nSPS) is 17.3. The van der Waals surface area contributed by atoms with Crippen LogP contribution in [0.15, 0.2) is 23.1 Å². The van der Waals surface area contributed by atoms with E-state index in [0.717, 1.165) is 36.3 Å². The lowest BCUT2D eigenvalue weighted by Gasteiger charge is -2.10. The molecule has 1 aliphatic rings. The molecule has 1 aromatic carbocycles. The molecule has 0 saturated carbocycles.